The van der Waals surface area contributed by atoms with Crippen LogP contribution in [-0.2, 0) is 5.41 Å². The van der Waals surface area contributed by atoms with Crippen molar-refractivity contribution >= 4 is 16.7 Å². The molecule has 4 rings (SSSR count). The Labute approximate surface area is 150 Å². The lowest BCUT2D eigenvalue weighted by molar-refractivity contribution is 0.103. The fourth-order valence-electron chi connectivity index (χ4n) is 3.78. The lowest BCUT2D eigenvalue weighted by Gasteiger charge is -2.32. The van der Waals surface area contributed by atoms with E-state index in [2.05, 4.69) is 17.1 Å². The number of aromatic amines is 1. The third kappa shape index (κ3) is 1.92. The van der Waals surface area contributed by atoms with Gasteiger partial charge in [0.2, 0.25) is 0 Å². The highest BCUT2D eigenvalue weighted by molar-refractivity contribution is 6.20. The molecule has 3 aromatic rings. The van der Waals surface area contributed by atoms with E-state index in [9.17, 15) is 10.1 Å². The van der Waals surface area contributed by atoms with Gasteiger partial charge in [-0.3, -0.25) is 4.79 Å². The Morgan fingerprint density at radius 1 is 1.12 bits per heavy atom. The molecule has 2 aromatic carbocycles. The van der Waals surface area contributed by atoms with E-state index in [1.807, 2.05) is 13.8 Å². The molecule has 0 aliphatic heterocycles. The normalized spacial score (nSPS) is 14.3. The lowest BCUT2D eigenvalue weighted by Crippen LogP contribution is -2.30. The second-order valence-electron chi connectivity index (χ2n) is 6.91. The van der Waals surface area contributed by atoms with E-state index in [1.54, 1.807) is 30.3 Å². The molecule has 1 aromatic heterocycles. The van der Waals surface area contributed by atoms with Gasteiger partial charge in [0.1, 0.15) is 11.8 Å². The second-order valence-corrected chi connectivity index (χ2v) is 6.91. The summed E-state index contributed by atoms with van der Waals surface area (Å²) < 4.78 is 5.33. The molecule has 5 nitrogen and oxygen atoms in total. The third-order valence-electron chi connectivity index (χ3n) is 5.16. The number of nitrogens with zero attached hydrogens (tertiary/aromatic N) is 2. The van der Waals surface area contributed by atoms with Gasteiger partial charge in [-0.15, -0.1) is 0 Å². The summed E-state index contributed by atoms with van der Waals surface area (Å²) in [5.74, 6) is 0.336. The summed E-state index contributed by atoms with van der Waals surface area (Å²) in [7, 11) is 1.51. The highest BCUT2D eigenvalue weighted by Crippen LogP contribution is 2.45. The molecule has 0 atom stereocenters. The molecule has 1 N–H and O–H groups in total. The van der Waals surface area contributed by atoms with Crippen molar-refractivity contribution in [3.8, 4) is 17.9 Å². The molecule has 126 valence electrons. The zero-order chi connectivity index (χ0) is 18.6. The standard InChI is InChI=1S/C21H15N3O2/c1-21(2)15-8-17(26-3)12(10-23)7-14(15)19(25)18-13-5-4-11(9-22)6-16(13)24-20(18)21/h4-8,24H,1-3H3. The maximum Gasteiger partial charge on any atom is 0.195 e. The molecule has 1 aliphatic carbocycles. The minimum atomic E-state index is -0.480. The number of benzene rings is 2. The zero-order valence-corrected chi connectivity index (χ0v) is 14.6. The zero-order valence-electron chi connectivity index (χ0n) is 14.6. The van der Waals surface area contributed by atoms with Crippen LogP contribution < -0.4 is 4.74 Å². The maximum absolute atomic E-state index is 13.3. The topological polar surface area (TPSA) is 89.7 Å². The first-order chi connectivity index (χ1) is 12.4. The minimum absolute atomic E-state index is 0.121. The molecule has 0 bridgehead atoms. The molecular weight excluding hydrogens is 326 g/mol. The molecule has 1 aliphatic rings. The van der Waals surface area contributed by atoms with E-state index in [0.717, 1.165) is 22.2 Å². The van der Waals surface area contributed by atoms with Gasteiger partial charge in [0, 0.05) is 27.6 Å². The van der Waals surface area contributed by atoms with Crippen LogP contribution in [0.25, 0.3) is 10.9 Å². The van der Waals surface area contributed by atoms with Crippen molar-refractivity contribution in [1.82, 2.24) is 4.98 Å². The summed E-state index contributed by atoms with van der Waals surface area (Å²) in [6, 6.07) is 12.9. The van der Waals surface area contributed by atoms with Crippen molar-refractivity contribution in [3.63, 3.8) is 0 Å². The van der Waals surface area contributed by atoms with Gasteiger partial charge in [-0.25, -0.2) is 0 Å². The summed E-state index contributed by atoms with van der Waals surface area (Å²) in [6.07, 6.45) is 0. The minimum Gasteiger partial charge on any atom is -0.495 e. The Morgan fingerprint density at radius 2 is 1.88 bits per heavy atom. The summed E-state index contributed by atoms with van der Waals surface area (Å²) in [5, 5.41) is 19.3. The summed E-state index contributed by atoms with van der Waals surface area (Å²) in [4.78, 5) is 16.6. The van der Waals surface area contributed by atoms with Crippen LogP contribution in [0.2, 0.25) is 0 Å². The van der Waals surface area contributed by atoms with Crippen molar-refractivity contribution in [2.75, 3.05) is 7.11 Å². The van der Waals surface area contributed by atoms with Crippen molar-refractivity contribution in [2.24, 2.45) is 0 Å². The van der Waals surface area contributed by atoms with Crippen LogP contribution in [0, 0.1) is 22.7 Å². The number of aromatic nitrogens is 1. The third-order valence-corrected chi connectivity index (χ3v) is 5.16. The van der Waals surface area contributed by atoms with Crippen molar-refractivity contribution in [2.45, 2.75) is 19.3 Å². The maximum atomic E-state index is 13.3. The highest BCUT2D eigenvalue weighted by atomic mass is 16.5. The number of carbonyl (C=O) groups is 1. The van der Waals surface area contributed by atoms with Crippen LogP contribution in [0.15, 0.2) is 30.3 Å². The molecule has 0 saturated carbocycles. The van der Waals surface area contributed by atoms with E-state index in [4.69, 9.17) is 10.00 Å². The molecule has 0 radical (unpaired) electrons. The molecule has 26 heavy (non-hydrogen) atoms. The van der Waals surface area contributed by atoms with Crippen LogP contribution in [0.1, 0.15) is 52.2 Å². The van der Waals surface area contributed by atoms with Crippen LogP contribution in [0.5, 0.6) is 5.75 Å². The molecule has 0 spiro atoms. The van der Waals surface area contributed by atoms with E-state index in [1.165, 1.54) is 7.11 Å². The monoisotopic (exact) mass is 341 g/mol. The Kier molecular flexibility index (Phi) is 3.19. The van der Waals surface area contributed by atoms with Gasteiger partial charge in [0.25, 0.3) is 0 Å². The SMILES string of the molecule is COc1cc2c(cc1C#N)C(=O)c1c([nH]c3cc(C#N)ccc13)C2(C)C. The van der Waals surface area contributed by atoms with Crippen molar-refractivity contribution in [1.29, 1.82) is 10.5 Å². The molecule has 0 unspecified atom stereocenters. The first kappa shape index (κ1) is 15.9. The first-order valence-electron chi connectivity index (χ1n) is 8.16. The van der Waals surface area contributed by atoms with E-state index >= 15 is 0 Å². The number of H-pyrrole nitrogens is 1. The molecule has 0 fully saturated rings. The number of methoxy groups -OCH3 is 1. The average molecular weight is 341 g/mol. The predicted octanol–water partition coefficient (Wildman–Crippen LogP) is 3.79. The predicted molar refractivity (Wildman–Crippen MR) is 96.3 cm³/mol. The summed E-state index contributed by atoms with van der Waals surface area (Å²) in [6.45, 7) is 4.06. The Bertz CT molecular complexity index is 1190. The Morgan fingerprint density at radius 3 is 2.54 bits per heavy atom. The van der Waals surface area contributed by atoms with E-state index in [-0.39, 0.29) is 5.78 Å². The van der Waals surface area contributed by atoms with Gasteiger partial charge in [0.15, 0.2) is 5.78 Å². The molecule has 0 saturated heterocycles. The van der Waals surface area contributed by atoms with Gasteiger partial charge < -0.3 is 9.72 Å². The van der Waals surface area contributed by atoms with Gasteiger partial charge >= 0.3 is 0 Å². The van der Waals surface area contributed by atoms with Crippen LogP contribution in [-0.4, -0.2) is 17.9 Å². The number of hydrogen-bond acceptors (Lipinski definition) is 4. The summed E-state index contributed by atoms with van der Waals surface area (Å²) >= 11 is 0. The number of nitrogens with one attached hydrogen (secondary N) is 1. The fourth-order valence-corrected chi connectivity index (χ4v) is 3.78. The highest BCUT2D eigenvalue weighted by Gasteiger charge is 2.40. The first-order valence-corrected chi connectivity index (χ1v) is 8.16. The van der Waals surface area contributed by atoms with Crippen molar-refractivity contribution < 1.29 is 9.53 Å². The van der Waals surface area contributed by atoms with E-state index < -0.39 is 5.41 Å². The smallest absolute Gasteiger partial charge is 0.195 e. The van der Waals surface area contributed by atoms with Crippen LogP contribution >= 0.6 is 0 Å². The quantitative estimate of drug-likeness (QED) is 0.729. The Hall–Kier alpha value is -3.57. The number of carbonyl (C=O) groups excluding carboxylic acids is 1. The van der Waals surface area contributed by atoms with Gasteiger partial charge in [-0.05, 0) is 29.8 Å². The molecule has 5 heteroatoms. The van der Waals surface area contributed by atoms with E-state index in [0.29, 0.717) is 28.0 Å². The molecular formula is C21H15N3O2. The average Bonchev–Trinajstić information content (AvgIpc) is 3.05. The van der Waals surface area contributed by atoms with Gasteiger partial charge in [-0.1, -0.05) is 19.9 Å². The van der Waals surface area contributed by atoms with Gasteiger partial charge in [0.05, 0.1) is 29.9 Å². The number of nitriles is 2. The fraction of sp³-hybridized carbons (Fsp3) is 0.190. The molecule has 0 amide bonds. The van der Waals surface area contributed by atoms with Gasteiger partial charge in [-0.2, -0.15) is 10.5 Å². The molecule has 1 heterocycles. The second kappa shape index (κ2) is 5.21. The Balaban J connectivity index is 2.07. The van der Waals surface area contributed by atoms with Crippen molar-refractivity contribution in [3.05, 3.63) is 63.8 Å². The number of hydrogen-bond donors (Lipinski definition) is 1. The number of ether oxygens (including phenoxy) is 1. The largest absolute Gasteiger partial charge is 0.495 e. The summed E-state index contributed by atoms with van der Waals surface area (Å²) in [5.41, 5.74) is 3.91. The number of rotatable bonds is 1. The number of ketones is 1. The van der Waals surface area contributed by atoms with Crippen LogP contribution in [0.3, 0.4) is 0 Å². The number of fused-ring (bicyclic) bond motifs is 4. The lowest BCUT2D eigenvalue weighted by atomic mass is 9.71. The van der Waals surface area contributed by atoms with Crippen LogP contribution in [0.4, 0.5) is 0 Å².